The smallest absolute Gasteiger partial charge is 0.252 e. The van der Waals surface area contributed by atoms with Crippen molar-refractivity contribution >= 4 is 40.1 Å². The van der Waals surface area contributed by atoms with Crippen molar-refractivity contribution in [2.75, 3.05) is 46.3 Å². The summed E-state index contributed by atoms with van der Waals surface area (Å²) in [5.41, 5.74) is 5.72. The Morgan fingerprint density at radius 3 is 2.64 bits per heavy atom. The number of hydrogen-bond acceptors (Lipinski definition) is 4. The van der Waals surface area contributed by atoms with E-state index in [-0.39, 0.29) is 5.91 Å². The molecule has 33 heavy (non-hydrogen) atoms. The van der Waals surface area contributed by atoms with Crippen LogP contribution in [0.1, 0.15) is 33.6 Å². The Morgan fingerprint density at radius 2 is 1.82 bits per heavy atom. The molecule has 3 aromatic rings. The van der Waals surface area contributed by atoms with Crippen LogP contribution in [0.15, 0.2) is 48.5 Å². The van der Waals surface area contributed by atoms with Gasteiger partial charge in [0.1, 0.15) is 0 Å². The molecule has 2 aliphatic rings. The topological polar surface area (TPSA) is 48.5 Å². The second-order valence-corrected chi connectivity index (χ2v) is 9.33. The minimum atomic E-state index is -0.00188. The molecule has 0 saturated carbocycles. The van der Waals surface area contributed by atoms with Crippen molar-refractivity contribution in [3.05, 3.63) is 75.9 Å². The number of likely N-dealkylation sites (N-methyl/N-ethyl adjacent to an activating group) is 1. The number of rotatable bonds is 5. The Balaban J connectivity index is 1.43. The number of carbonyl (C=O) groups excluding carboxylic acids is 1. The number of nitrogens with one attached hydrogen (secondary N) is 1. The fourth-order valence-corrected chi connectivity index (χ4v) is 5.00. The van der Waals surface area contributed by atoms with E-state index in [4.69, 9.17) is 16.6 Å². The van der Waals surface area contributed by atoms with E-state index in [1.807, 2.05) is 48.5 Å². The molecule has 1 fully saturated rings. The Kier molecular flexibility index (Phi) is 6.45. The van der Waals surface area contributed by atoms with Crippen LogP contribution in [-0.4, -0.2) is 67.0 Å². The number of nitrogens with zero attached hydrogens (tertiary/aromatic N) is 3. The minimum absolute atomic E-state index is 0.00188. The highest BCUT2D eigenvalue weighted by Crippen LogP contribution is 2.38. The molecule has 1 aliphatic heterocycles. The van der Waals surface area contributed by atoms with Gasteiger partial charge in [0.2, 0.25) is 0 Å². The number of aromatic nitrogens is 1. The maximum Gasteiger partial charge on any atom is 0.252 e. The monoisotopic (exact) mass is 460 g/mol. The maximum absolute atomic E-state index is 13.4. The van der Waals surface area contributed by atoms with E-state index < -0.39 is 0 Å². The number of amides is 1. The summed E-state index contributed by atoms with van der Waals surface area (Å²) in [6.07, 6.45) is 3.78. The zero-order valence-corrected chi connectivity index (χ0v) is 19.7. The van der Waals surface area contributed by atoms with Crippen LogP contribution >= 0.6 is 11.6 Å². The molecular weight excluding hydrogens is 432 g/mol. The number of benzene rings is 2. The summed E-state index contributed by atoms with van der Waals surface area (Å²) in [7, 11) is 2.16. The third-order valence-corrected chi connectivity index (χ3v) is 7.06. The van der Waals surface area contributed by atoms with Crippen LogP contribution in [0.5, 0.6) is 0 Å². The summed E-state index contributed by atoms with van der Waals surface area (Å²) in [5.74, 6) is -0.00188. The largest absolute Gasteiger partial charge is 0.351 e. The molecule has 170 valence electrons. The standard InChI is InChI=1S/C27H29ClN4O/c1-31-14-16-32(17-15-31)13-12-29-27(33)25-21-7-3-5-9-24(21)30-26-20(10-11-22(25)26)18-19-6-2-4-8-23(19)28/h2-9,18H,10-17H2,1H3,(H,29,33)/b20-18-. The van der Waals surface area contributed by atoms with E-state index in [1.165, 1.54) is 0 Å². The summed E-state index contributed by atoms with van der Waals surface area (Å²) >= 11 is 6.40. The third kappa shape index (κ3) is 4.67. The molecule has 2 heterocycles. The molecule has 6 heteroatoms. The van der Waals surface area contributed by atoms with Crippen molar-refractivity contribution in [2.45, 2.75) is 12.8 Å². The van der Waals surface area contributed by atoms with Crippen LogP contribution in [0.25, 0.3) is 22.6 Å². The lowest BCUT2D eigenvalue weighted by Crippen LogP contribution is -2.47. The number of allylic oxidation sites excluding steroid dienone is 1. The van der Waals surface area contributed by atoms with Crippen molar-refractivity contribution in [1.82, 2.24) is 20.1 Å². The van der Waals surface area contributed by atoms with Crippen LogP contribution in [0.4, 0.5) is 0 Å². The highest BCUT2D eigenvalue weighted by atomic mass is 35.5. The molecule has 5 nitrogen and oxygen atoms in total. The second kappa shape index (κ2) is 9.64. The van der Waals surface area contributed by atoms with Crippen LogP contribution in [-0.2, 0) is 6.42 Å². The number of hydrogen-bond donors (Lipinski definition) is 1. The fourth-order valence-electron chi connectivity index (χ4n) is 4.81. The third-order valence-electron chi connectivity index (χ3n) is 6.71. The van der Waals surface area contributed by atoms with E-state index in [9.17, 15) is 4.79 Å². The molecule has 0 atom stereocenters. The van der Waals surface area contributed by atoms with Crippen molar-refractivity contribution < 1.29 is 4.79 Å². The summed E-state index contributed by atoms with van der Waals surface area (Å²) in [6.45, 7) is 5.79. The van der Waals surface area contributed by atoms with Gasteiger partial charge in [-0.1, -0.05) is 48.0 Å². The molecule has 1 amide bonds. The first-order valence-corrected chi connectivity index (χ1v) is 12.0. The first kappa shape index (κ1) is 22.1. The lowest BCUT2D eigenvalue weighted by molar-refractivity contribution is 0.0941. The van der Waals surface area contributed by atoms with Gasteiger partial charge < -0.3 is 10.2 Å². The maximum atomic E-state index is 13.4. The predicted octanol–water partition coefficient (Wildman–Crippen LogP) is 4.35. The Bertz CT molecular complexity index is 1210. The molecule has 0 unspecified atom stereocenters. The number of para-hydroxylation sites is 1. The van der Waals surface area contributed by atoms with E-state index in [2.05, 4.69) is 28.2 Å². The van der Waals surface area contributed by atoms with E-state index in [0.717, 1.165) is 89.4 Å². The fraction of sp³-hybridized carbons (Fsp3) is 0.333. The summed E-state index contributed by atoms with van der Waals surface area (Å²) in [6, 6.07) is 15.8. The quantitative estimate of drug-likeness (QED) is 0.615. The number of piperazine rings is 1. The van der Waals surface area contributed by atoms with E-state index in [0.29, 0.717) is 6.54 Å². The van der Waals surface area contributed by atoms with Crippen molar-refractivity contribution in [3.63, 3.8) is 0 Å². The van der Waals surface area contributed by atoms with Crippen LogP contribution in [0, 0.1) is 0 Å². The van der Waals surface area contributed by atoms with Gasteiger partial charge in [-0.25, -0.2) is 4.98 Å². The van der Waals surface area contributed by atoms with Gasteiger partial charge in [-0.2, -0.15) is 0 Å². The first-order chi connectivity index (χ1) is 16.1. The lowest BCUT2D eigenvalue weighted by Gasteiger charge is -2.32. The van der Waals surface area contributed by atoms with Crippen molar-refractivity contribution in [1.29, 1.82) is 0 Å². The average molecular weight is 461 g/mol. The summed E-state index contributed by atoms with van der Waals surface area (Å²) in [4.78, 5) is 23.1. The van der Waals surface area contributed by atoms with E-state index >= 15 is 0 Å². The molecule has 1 saturated heterocycles. The van der Waals surface area contributed by atoms with Gasteiger partial charge in [-0.05, 0) is 54.8 Å². The number of pyridine rings is 1. The SMILES string of the molecule is CN1CCN(CCNC(=O)c2c3c(nc4ccccc24)/C(=C\c2ccccc2Cl)CC3)CC1. The Morgan fingerprint density at radius 1 is 1.06 bits per heavy atom. The van der Waals surface area contributed by atoms with Crippen LogP contribution < -0.4 is 5.32 Å². The molecule has 0 bridgehead atoms. The lowest BCUT2D eigenvalue weighted by atomic mass is 10.00. The van der Waals surface area contributed by atoms with Gasteiger partial charge in [-0.15, -0.1) is 0 Å². The summed E-state index contributed by atoms with van der Waals surface area (Å²) in [5, 5.41) is 4.84. The summed E-state index contributed by atoms with van der Waals surface area (Å²) < 4.78 is 0. The van der Waals surface area contributed by atoms with Crippen LogP contribution in [0.3, 0.4) is 0 Å². The second-order valence-electron chi connectivity index (χ2n) is 8.92. The van der Waals surface area contributed by atoms with Crippen molar-refractivity contribution in [2.24, 2.45) is 0 Å². The molecule has 1 aromatic heterocycles. The predicted molar refractivity (Wildman–Crippen MR) is 136 cm³/mol. The minimum Gasteiger partial charge on any atom is -0.351 e. The Labute approximate surface area is 200 Å². The van der Waals surface area contributed by atoms with Gasteiger partial charge in [-0.3, -0.25) is 9.69 Å². The molecule has 1 aliphatic carbocycles. The van der Waals surface area contributed by atoms with Gasteiger partial charge in [0.05, 0.1) is 16.8 Å². The van der Waals surface area contributed by atoms with Gasteiger partial charge in [0, 0.05) is 49.7 Å². The first-order valence-electron chi connectivity index (χ1n) is 11.7. The van der Waals surface area contributed by atoms with Crippen LogP contribution in [0.2, 0.25) is 5.02 Å². The molecule has 2 aromatic carbocycles. The van der Waals surface area contributed by atoms with Gasteiger partial charge in [0.15, 0.2) is 0 Å². The highest BCUT2D eigenvalue weighted by molar-refractivity contribution is 6.32. The zero-order chi connectivity index (χ0) is 22.8. The average Bonchev–Trinajstić information content (AvgIpc) is 3.22. The number of fused-ring (bicyclic) bond motifs is 2. The zero-order valence-electron chi connectivity index (χ0n) is 19.0. The van der Waals surface area contributed by atoms with Gasteiger partial charge in [0.25, 0.3) is 5.91 Å². The molecule has 0 radical (unpaired) electrons. The molecule has 0 spiro atoms. The van der Waals surface area contributed by atoms with Gasteiger partial charge >= 0.3 is 0 Å². The number of halogens is 1. The molecular formula is C27H29ClN4O. The Hall–Kier alpha value is -2.73. The highest BCUT2D eigenvalue weighted by Gasteiger charge is 2.27. The number of carbonyl (C=O) groups is 1. The van der Waals surface area contributed by atoms with Crippen molar-refractivity contribution in [3.8, 4) is 0 Å². The van der Waals surface area contributed by atoms with E-state index in [1.54, 1.807) is 0 Å². The normalized spacial score (nSPS) is 18.1. The molecule has 1 N–H and O–H groups in total. The molecule has 5 rings (SSSR count).